The summed E-state index contributed by atoms with van der Waals surface area (Å²) < 4.78 is 27.1. The molecule has 0 amide bonds. The molecule has 2 atom stereocenters. The Morgan fingerprint density at radius 2 is 1.86 bits per heavy atom. The fraction of sp³-hybridized carbons (Fsp3) is 0.286. The number of pyridine rings is 1. The Morgan fingerprint density at radius 3 is 2.64 bits per heavy atom. The number of aromatic nitrogens is 1. The molecule has 0 unspecified atom stereocenters. The molecule has 7 heteroatoms. The fourth-order valence-corrected chi connectivity index (χ4v) is 5.29. The van der Waals surface area contributed by atoms with Crippen LogP contribution in [0.5, 0.6) is 0 Å². The summed E-state index contributed by atoms with van der Waals surface area (Å²) in [5.74, 6) is 0. The van der Waals surface area contributed by atoms with Crippen molar-refractivity contribution in [2.24, 2.45) is 0 Å². The average molecular weight is 398 g/mol. The van der Waals surface area contributed by atoms with Crippen molar-refractivity contribution in [1.29, 1.82) is 0 Å². The number of β-amino-alcohol motifs (C(OH)–C–C–N with tert-alkyl or cyclic N) is 1. The van der Waals surface area contributed by atoms with Crippen LogP contribution < -0.4 is 0 Å². The Labute approximate surface area is 165 Å². The molecule has 0 spiro atoms. The van der Waals surface area contributed by atoms with Crippen LogP contribution in [0.2, 0.25) is 0 Å². The van der Waals surface area contributed by atoms with Crippen LogP contribution in [0.15, 0.2) is 71.8 Å². The third-order valence-electron chi connectivity index (χ3n) is 5.33. The van der Waals surface area contributed by atoms with Crippen molar-refractivity contribution >= 4 is 20.9 Å². The lowest BCUT2D eigenvalue weighted by molar-refractivity contribution is 0.0955. The van der Waals surface area contributed by atoms with E-state index in [1.807, 2.05) is 42.3 Å². The second-order valence-electron chi connectivity index (χ2n) is 7.17. The number of sulfonamides is 1. The van der Waals surface area contributed by atoms with Crippen LogP contribution in [0.25, 0.3) is 10.9 Å². The Bertz CT molecular complexity index is 1070. The van der Waals surface area contributed by atoms with E-state index in [-0.39, 0.29) is 24.0 Å². The van der Waals surface area contributed by atoms with Gasteiger partial charge in [0.1, 0.15) is 0 Å². The third kappa shape index (κ3) is 3.54. The zero-order chi connectivity index (χ0) is 19.7. The molecule has 1 N–H and O–H groups in total. The Balaban J connectivity index is 1.53. The first-order chi connectivity index (χ1) is 13.5. The highest BCUT2D eigenvalue weighted by Gasteiger charge is 2.40. The van der Waals surface area contributed by atoms with Gasteiger partial charge in [0.25, 0.3) is 0 Å². The van der Waals surface area contributed by atoms with Gasteiger partial charge in [-0.1, -0.05) is 36.4 Å². The zero-order valence-electron chi connectivity index (χ0n) is 15.6. The van der Waals surface area contributed by atoms with Crippen LogP contribution in [-0.2, 0) is 16.6 Å². The molecule has 1 aromatic heterocycles. The first-order valence-corrected chi connectivity index (χ1v) is 10.7. The molecular weight excluding hydrogens is 374 g/mol. The largest absolute Gasteiger partial charge is 0.390 e. The fourth-order valence-electron chi connectivity index (χ4n) is 3.80. The molecule has 28 heavy (non-hydrogen) atoms. The van der Waals surface area contributed by atoms with Gasteiger partial charge < -0.3 is 5.11 Å². The van der Waals surface area contributed by atoms with Gasteiger partial charge in [-0.05, 0) is 36.9 Å². The van der Waals surface area contributed by atoms with E-state index in [0.29, 0.717) is 6.54 Å². The van der Waals surface area contributed by atoms with E-state index >= 15 is 0 Å². The molecule has 0 bridgehead atoms. The van der Waals surface area contributed by atoms with Gasteiger partial charge in [0.15, 0.2) is 0 Å². The highest BCUT2D eigenvalue weighted by Crippen LogP contribution is 2.25. The van der Waals surface area contributed by atoms with Gasteiger partial charge >= 0.3 is 0 Å². The summed E-state index contributed by atoms with van der Waals surface area (Å²) >= 11 is 0. The van der Waals surface area contributed by atoms with Gasteiger partial charge in [-0.15, -0.1) is 0 Å². The number of aliphatic hydroxyl groups excluding tert-OH is 1. The van der Waals surface area contributed by atoms with E-state index in [0.717, 1.165) is 16.5 Å². The van der Waals surface area contributed by atoms with Crippen molar-refractivity contribution in [3.05, 3.63) is 72.4 Å². The van der Waals surface area contributed by atoms with Gasteiger partial charge in [0, 0.05) is 31.2 Å². The van der Waals surface area contributed by atoms with E-state index in [9.17, 15) is 13.5 Å². The molecule has 4 rings (SSSR count). The first kappa shape index (κ1) is 19.0. The van der Waals surface area contributed by atoms with E-state index < -0.39 is 16.1 Å². The average Bonchev–Trinajstić information content (AvgIpc) is 3.11. The molecule has 146 valence electrons. The quantitative estimate of drug-likeness (QED) is 0.714. The van der Waals surface area contributed by atoms with Gasteiger partial charge in [-0.2, -0.15) is 4.31 Å². The summed E-state index contributed by atoms with van der Waals surface area (Å²) in [6.45, 7) is 0.964. The van der Waals surface area contributed by atoms with Crippen molar-refractivity contribution in [2.45, 2.75) is 23.6 Å². The minimum Gasteiger partial charge on any atom is -0.390 e. The molecule has 0 saturated carbocycles. The normalized spacial score (nSPS) is 20.8. The van der Waals surface area contributed by atoms with E-state index in [2.05, 4.69) is 4.98 Å². The molecular formula is C21H23N3O3S. The Kier molecular flexibility index (Phi) is 5.16. The van der Waals surface area contributed by atoms with Crippen LogP contribution in [0, 0.1) is 0 Å². The Hall–Kier alpha value is -2.32. The van der Waals surface area contributed by atoms with Gasteiger partial charge in [0.05, 0.1) is 22.6 Å². The maximum absolute atomic E-state index is 12.9. The van der Waals surface area contributed by atoms with Crippen molar-refractivity contribution in [3.8, 4) is 0 Å². The van der Waals surface area contributed by atoms with E-state index in [1.54, 1.807) is 36.5 Å². The molecule has 1 saturated heterocycles. The lowest BCUT2D eigenvalue weighted by Gasteiger charge is -2.27. The smallest absolute Gasteiger partial charge is 0.243 e. The topological polar surface area (TPSA) is 73.7 Å². The monoisotopic (exact) mass is 397 g/mol. The highest BCUT2D eigenvalue weighted by molar-refractivity contribution is 7.89. The number of likely N-dealkylation sites (N-methyl/N-ethyl adjacent to an activating group) is 1. The molecule has 3 aromatic rings. The highest BCUT2D eigenvalue weighted by atomic mass is 32.2. The second kappa shape index (κ2) is 7.60. The van der Waals surface area contributed by atoms with Crippen LogP contribution in [0.3, 0.4) is 0 Å². The Morgan fingerprint density at radius 1 is 1.07 bits per heavy atom. The van der Waals surface area contributed by atoms with E-state index in [4.69, 9.17) is 0 Å². The number of aliphatic hydroxyl groups is 1. The lowest BCUT2D eigenvalue weighted by Crippen LogP contribution is -2.40. The van der Waals surface area contributed by atoms with Crippen LogP contribution in [0.1, 0.15) is 5.56 Å². The minimum atomic E-state index is -3.61. The molecule has 0 aliphatic carbocycles. The third-order valence-corrected chi connectivity index (χ3v) is 7.17. The molecule has 1 aliphatic rings. The number of benzene rings is 2. The standard InChI is InChI=1S/C21H23N3O3S/c1-23(13-16-7-5-11-19-18(16)10-6-12-22-19)20-14-24(15-21(20)25)28(26,27)17-8-3-2-4-9-17/h2-12,20-21,25H,13-15H2,1H3/t20-,21-/m1/s1. The molecule has 0 radical (unpaired) electrons. The molecule has 1 aliphatic heterocycles. The summed E-state index contributed by atoms with van der Waals surface area (Å²) in [6, 6.07) is 18.0. The van der Waals surface area contributed by atoms with E-state index in [1.165, 1.54) is 4.31 Å². The summed E-state index contributed by atoms with van der Waals surface area (Å²) in [5.41, 5.74) is 2.03. The lowest BCUT2D eigenvalue weighted by atomic mass is 10.1. The second-order valence-corrected chi connectivity index (χ2v) is 9.11. The predicted octanol–water partition coefficient (Wildman–Crippen LogP) is 2.10. The minimum absolute atomic E-state index is 0.101. The SMILES string of the molecule is CN(Cc1cccc2ncccc12)[C@@H]1CN(S(=O)(=O)c2ccccc2)C[C@H]1O. The van der Waals surface area contributed by atoms with Crippen molar-refractivity contribution in [2.75, 3.05) is 20.1 Å². The van der Waals surface area contributed by atoms with Crippen LogP contribution >= 0.6 is 0 Å². The number of fused-ring (bicyclic) bond motifs is 1. The summed E-state index contributed by atoms with van der Waals surface area (Å²) in [6.07, 6.45) is 1.03. The number of nitrogens with zero attached hydrogens (tertiary/aromatic N) is 3. The van der Waals surface area contributed by atoms with Gasteiger partial charge in [-0.3, -0.25) is 9.88 Å². The summed E-state index contributed by atoms with van der Waals surface area (Å²) in [7, 11) is -1.69. The molecule has 2 heterocycles. The van der Waals surface area contributed by atoms with Crippen molar-refractivity contribution in [3.63, 3.8) is 0 Å². The first-order valence-electron chi connectivity index (χ1n) is 9.23. The molecule has 6 nitrogen and oxygen atoms in total. The maximum atomic E-state index is 12.9. The van der Waals surface area contributed by atoms with Crippen molar-refractivity contribution < 1.29 is 13.5 Å². The van der Waals surface area contributed by atoms with Crippen molar-refractivity contribution in [1.82, 2.24) is 14.2 Å². The summed E-state index contributed by atoms with van der Waals surface area (Å²) in [4.78, 5) is 6.66. The molecule has 1 fully saturated rings. The predicted molar refractivity (Wildman–Crippen MR) is 108 cm³/mol. The maximum Gasteiger partial charge on any atom is 0.243 e. The van der Waals surface area contributed by atoms with Crippen LogP contribution in [-0.4, -0.2) is 60.0 Å². The van der Waals surface area contributed by atoms with Gasteiger partial charge in [-0.25, -0.2) is 8.42 Å². The van der Waals surface area contributed by atoms with Gasteiger partial charge in [0.2, 0.25) is 10.0 Å². The molecule has 2 aromatic carbocycles. The number of hydrogen-bond donors (Lipinski definition) is 1. The number of hydrogen-bond acceptors (Lipinski definition) is 5. The summed E-state index contributed by atoms with van der Waals surface area (Å²) in [5, 5.41) is 11.6. The number of rotatable bonds is 5. The zero-order valence-corrected chi connectivity index (χ0v) is 16.5. The van der Waals surface area contributed by atoms with Crippen LogP contribution in [0.4, 0.5) is 0 Å².